The van der Waals surface area contributed by atoms with Crippen LogP contribution in [0.4, 0.5) is 13.2 Å². The molecule has 1 amide bonds. The molecule has 0 fully saturated rings. The van der Waals surface area contributed by atoms with Crippen LogP contribution in [0.3, 0.4) is 0 Å². The summed E-state index contributed by atoms with van der Waals surface area (Å²) in [5.41, 5.74) is 1.37. The van der Waals surface area contributed by atoms with Crippen LogP contribution in [-0.4, -0.2) is 57.7 Å². The van der Waals surface area contributed by atoms with Crippen molar-refractivity contribution in [1.82, 2.24) is 30.0 Å². The van der Waals surface area contributed by atoms with Crippen LogP contribution in [0.25, 0.3) is 22.6 Å². The maximum Gasteiger partial charge on any atom is 0.267 e. The normalized spacial score (nSPS) is 11.1. The lowest BCUT2D eigenvalue weighted by Gasteiger charge is -2.10. The van der Waals surface area contributed by atoms with E-state index in [0.717, 1.165) is 29.8 Å². The summed E-state index contributed by atoms with van der Waals surface area (Å²) >= 11 is 0. The third-order valence-corrected chi connectivity index (χ3v) is 5.65. The zero-order chi connectivity index (χ0) is 27.2. The molecule has 0 radical (unpaired) electrons. The SMILES string of the molecule is CN(C)CCCNC(=O)c1cnc(-c2cccc(Cn3nc(-c4cc(F)c(F)c(F)c4)ccc3=O)c2)nc1. The number of hydrogen-bond donors (Lipinski definition) is 1. The molecule has 8 nitrogen and oxygen atoms in total. The zero-order valence-corrected chi connectivity index (χ0v) is 20.8. The van der Waals surface area contributed by atoms with Gasteiger partial charge < -0.3 is 10.2 Å². The van der Waals surface area contributed by atoms with Crippen molar-refractivity contribution in [3.05, 3.63) is 99.9 Å². The van der Waals surface area contributed by atoms with Crippen molar-refractivity contribution in [2.75, 3.05) is 27.2 Å². The van der Waals surface area contributed by atoms with Crippen molar-refractivity contribution in [1.29, 1.82) is 0 Å². The lowest BCUT2D eigenvalue weighted by molar-refractivity contribution is 0.0951. The minimum atomic E-state index is -1.57. The van der Waals surface area contributed by atoms with Crippen LogP contribution in [0.2, 0.25) is 0 Å². The van der Waals surface area contributed by atoms with Gasteiger partial charge in [-0.1, -0.05) is 18.2 Å². The van der Waals surface area contributed by atoms with Gasteiger partial charge in [0.1, 0.15) is 0 Å². The van der Waals surface area contributed by atoms with Crippen LogP contribution < -0.4 is 10.9 Å². The van der Waals surface area contributed by atoms with Crippen LogP contribution in [0.15, 0.2) is 65.7 Å². The molecule has 2 aromatic heterocycles. The molecule has 4 aromatic rings. The van der Waals surface area contributed by atoms with Gasteiger partial charge in [-0.05, 0) is 56.9 Å². The quantitative estimate of drug-likeness (QED) is 0.267. The molecule has 0 aliphatic heterocycles. The molecule has 0 aliphatic carbocycles. The molecular formula is C27H25F3N6O2. The summed E-state index contributed by atoms with van der Waals surface area (Å²) in [6, 6.07) is 11.3. The lowest BCUT2D eigenvalue weighted by Crippen LogP contribution is -2.27. The first-order valence-corrected chi connectivity index (χ1v) is 11.8. The van der Waals surface area contributed by atoms with Crippen molar-refractivity contribution < 1.29 is 18.0 Å². The molecule has 0 spiro atoms. The van der Waals surface area contributed by atoms with Crippen molar-refractivity contribution >= 4 is 5.91 Å². The van der Waals surface area contributed by atoms with E-state index in [1.54, 1.807) is 24.3 Å². The Morgan fingerprint density at radius 2 is 1.68 bits per heavy atom. The molecule has 0 saturated heterocycles. The maximum absolute atomic E-state index is 13.7. The molecule has 0 aliphatic rings. The van der Waals surface area contributed by atoms with Gasteiger partial charge in [0.05, 0.1) is 17.8 Å². The number of nitrogens with one attached hydrogen (secondary N) is 1. The fourth-order valence-electron chi connectivity index (χ4n) is 3.69. The first-order chi connectivity index (χ1) is 18.2. The second kappa shape index (κ2) is 11.8. The van der Waals surface area contributed by atoms with Gasteiger partial charge in [-0.15, -0.1) is 0 Å². The molecule has 0 unspecified atom stereocenters. The minimum Gasteiger partial charge on any atom is -0.352 e. The Kier molecular flexibility index (Phi) is 8.27. The number of nitrogens with zero attached hydrogens (tertiary/aromatic N) is 5. The fourth-order valence-corrected chi connectivity index (χ4v) is 3.69. The van der Waals surface area contributed by atoms with E-state index < -0.39 is 23.0 Å². The topological polar surface area (TPSA) is 93.0 Å². The smallest absolute Gasteiger partial charge is 0.267 e. The fraction of sp³-hybridized carbons (Fsp3) is 0.222. The van der Waals surface area contributed by atoms with E-state index in [-0.39, 0.29) is 23.7 Å². The second-order valence-corrected chi connectivity index (χ2v) is 8.88. The van der Waals surface area contributed by atoms with Crippen LogP contribution in [0.5, 0.6) is 0 Å². The van der Waals surface area contributed by atoms with Gasteiger partial charge in [-0.2, -0.15) is 5.10 Å². The van der Waals surface area contributed by atoms with Gasteiger partial charge in [-0.3, -0.25) is 9.59 Å². The van der Waals surface area contributed by atoms with Gasteiger partial charge in [0.25, 0.3) is 11.5 Å². The van der Waals surface area contributed by atoms with Gasteiger partial charge >= 0.3 is 0 Å². The summed E-state index contributed by atoms with van der Waals surface area (Å²) in [6.45, 7) is 1.46. The predicted molar refractivity (Wildman–Crippen MR) is 136 cm³/mol. The van der Waals surface area contributed by atoms with E-state index >= 15 is 0 Å². The van der Waals surface area contributed by atoms with E-state index in [9.17, 15) is 22.8 Å². The highest BCUT2D eigenvalue weighted by Crippen LogP contribution is 2.22. The van der Waals surface area contributed by atoms with Gasteiger partial charge in [0, 0.05) is 36.1 Å². The van der Waals surface area contributed by atoms with Gasteiger partial charge in [0.2, 0.25) is 0 Å². The first-order valence-electron chi connectivity index (χ1n) is 11.8. The molecule has 38 heavy (non-hydrogen) atoms. The Bertz CT molecular complexity index is 1480. The summed E-state index contributed by atoms with van der Waals surface area (Å²) in [7, 11) is 3.93. The van der Waals surface area contributed by atoms with Gasteiger partial charge in [0.15, 0.2) is 23.3 Å². The average molecular weight is 523 g/mol. The van der Waals surface area contributed by atoms with E-state index in [4.69, 9.17) is 0 Å². The molecule has 0 bridgehead atoms. The standard InChI is InChI=1S/C27H25F3N6O2/c1-35(2)10-4-9-31-27(38)20-14-32-26(33-15-20)18-6-3-5-17(11-18)16-36-24(37)8-7-23(34-36)19-12-21(28)25(30)22(29)13-19/h3,5-8,11-15H,4,9-10,16H2,1-2H3,(H,31,38). The Balaban J connectivity index is 1.49. The number of aromatic nitrogens is 4. The highest BCUT2D eigenvalue weighted by molar-refractivity contribution is 5.93. The number of amides is 1. The number of benzene rings is 2. The van der Waals surface area contributed by atoms with Crippen molar-refractivity contribution in [3.8, 4) is 22.6 Å². The van der Waals surface area contributed by atoms with E-state index in [1.165, 1.54) is 24.5 Å². The van der Waals surface area contributed by atoms with Crippen LogP contribution in [0.1, 0.15) is 22.3 Å². The Labute approximate surface area is 216 Å². The summed E-state index contributed by atoms with van der Waals surface area (Å²) in [6.07, 6.45) is 3.72. The molecule has 2 heterocycles. The van der Waals surface area contributed by atoms with Crippen LogP contribution >= 0.6 is 0 Å². The van der Waals surface area contributed by atoms with Crippen molar-refractivity contribution in [2.24, 2.45) is 0 Å². The summed E-state index contributed by atoms with van der Waals surface area (Å²) in [4.78, 5) is 35.4. The summed E-state index contributed by atoms with van der Waals surface area (Å²) in [5, 5.41) is 7.03. The lowest BCUT2D eigenvalue weighted by atomic mass is 10.1. The summed E-state index contributed by atoms with van der Waals surface area (Å²) < 4.78 is 41.8. The molecule has 1 N–H and O–H groups in total. The average Bonchev–Trinajstić information content (AvgIpc) is 2.90. The molecular weight excluding hydrogens is 497 g/mol. The Morgan fingerprint density at radius 3 is 2.37 bits per heavy atom. The molecule has 11 heteroatoms. The zero-order valence-electron chi connectivity index (χ0n) is 20.8. The first kappa shape index (κ1) is 26.7. The summed E-state index contributed by atoms with van der Waals surface area (Å²) in [5.74, 6) is -4.13. The molecule has 196 valence electrons. The van der Waals surface area contributed by atoms with Crippen LogP contribution in [-0.2, 0) is 6.54 Å². The molecule has 4 rings (SSSR count). The maximum atomic E-state index is 13.7. The van der Waals surface area contributed by atoms with E-state index in [0.29, 0.717) is 29.1 Å². The number of rotatable bonds is 9. The highest BCUT2D eigenvalue weighted by Gasteiger charge is 2.14. The molecule has 0 saturated carbocycles. The molecule has 2 aromatic carbocycles. The van der Waals surface area contributed by atoms with Crippen LogP contribution in [0, 0.1) is 17.5 Å². The third kappa shape index (κ3) is 6.48. The number of halogens is 3. The monoisotopic (exact) mass is 522 g/mol. The highest BCUT2D eigenvalue weighted by atomic mass is 19.2. The number of carbonyl (C=O) groups is 1. The number of carbonyl (C=O) groups excluding carboxylic acids is 1. The van der Waals surface area contributed by atoms with Gasteiger partial charge in [-0.25, -0.2) is 27.8 Å². The van der Waals surface area contributed by atoms with E-state index in [1.807, 2.05) is 19.0 Å². The van der Waals surface area contributed by atoms with Crippen molar-refractivity contribution in [3.63, 3.8) is 0 Å². The van der Waals surface area contributed by atoms with Crippen molar-refractivity contribution in [2.45, 2.75) is 13.0 Å². The third-order valence-electron chi connectivity index (χ3n) is 5.65. The largest absolute Gasteiger partial charge is 0.352 e. The minimum absolute atomic E-state index is 0.000808. The van der Waals surface area contributed by atoms with E-state index in [2.05, 4.69) is 20.4 Å². The second-order valence-electron chi connectivity index (χ2n) is 8.88. The number of hydrogen-bond acceptors (Lipinski definition) is 6. The molecule has 0 atom stereocenters. The Hall–Kier alpha value is -4.38. The Morgan fingerprint density at radius 1 is 0.974 bits per heavy atom. The predicted octanol–water partition coefficient (Wildman–Crippen LogP) is 3.51.